The number of ether oxygens (including phenoxy) is 3. The van der Waals surface area contributed by atoms with Crippen LogP contribution >= 0.6 is 15.9 Å². The molecule has 8 nitrogen and oxygen atoms in total. The second-order valence-electron chi connectivity index (χ2n) is 8.04. The first-order valence-electron chi connectivity index (χ1n) is 10.8. The van der Waals surface area contributed by atoms with E-state index in [0.29, 0.717) is 40.0 Å². The minimum atomic E-state index is -0.980. The van der Waals surface area contributed by atoms with E-state index in [1.54, 1.807) is 32.9 Å². The smallest absolute Gasteiger partial charge is 0.336 e. The van der Waals surface area contributed by atoms with Crippen molar-refractivity contribution in [2.24, 2.45) is 11.8 Å². The van der Waals surface area contributed by atoms with Gasteiger partial charge in [0.2, 0.25) is 0 Å². The van der Waals surface area contributed by atoms with Crippen molar-refractivity contribution in [3.05, 3.63) is 44.7 Å². The Hall–Kier alpha value is -2.81. The molecule has 1 aliphatic heterocycles. The van der Waals surface area contributed by atoms with Crippen LogP contribution in [0.5, 0.6) is 11.5 Å². The fourth-order valence-electron chi connectivity index (χ4n) is 4.52. The molecule has 1 aliphatic carbocycles. The summed E-state index contributed by atoms with van der Waals surface area (Å²) in [5.41, 5.74) is 2.35. The van der Waals surface area contributed by atoms with Crippen molar-refractivity contribution in [1.82, 2.24) is 5.32 Å². The number of esters is 2. The predicted molar refractivity (Wildman–Crippen MR) is 124 cm³/mol. The van der Waals surface area contributed by atoms with E-state index in [4.69, 9.17) is 14.2 Å². The van der Waals surface area contributed by atoms with E-state index >= 15 is 0 Å². The third-order valence-electron chi connectivity index (χ3n) is 5.92. The third-order valence-corrected chi connectivity index (χ3v) is 6.53. The summed E-state index contributed by atoms with van der Waals surface area (Å²) in [6.07, 6.45) is 0.433. The van der Waals surface area contributed by atoms with Gasteiger partial charge in [0.05, 0.1) is 30.4 Å². The van der Waals surface area contributed by atoms with E-state index in [0.717, 1.165) is 0 Å². The summed E-state index contributed by atoms with van der Waals surface area (Å²) >= 11 is 3.34. The summed E-state index contributed by atoms with van der Waals surface area (Å²) < 4.78 is 16.1. The number of allylic oxidation sites excluding steroid dienone is 3. The zero-order valence-corrected chi connectivity index (χ0v) is 20.9. The number of ketones is 1. The second-order valence-corrected chi connectivity index (χ2v) is 8.89. The van der Waals surface area contributed by atoms with Gasteiger partial charge in [-0.3, -0.25) is 9.59 Å². The second kappa shape index (κ2) is 9.99. The average Bonchev–Trinajstić information content (AvgIpc) is 2.75. The molecular weight excluding hydrogens is 494 g/mol. The lowest BCUT2D eigenvalue weighted by Crippen LogP contribution is -2.43. The molecule has 1 heterocycles. The molecule has 0 bridgehead atoms. The van der Waals surface area contributed by atoms with Crippen molar-refractivity contribution in [1.29, 1.82) is 0 Å². The maximum Gasteiger partial charge on any atom is 0.336 e. The zero-order chi connectivity index (χ0) is 24.4. The highest BCUT2D eigenvalue weighted by atomic mass is 79.9. The number of nitrogens with one attached hydrogen (secondary N) is 1. The molecule has 0 saturated carbocycles. The molecule has 0 saturated heterocycles. The van der Waals surface area contributed by atoms with Gasteiger partial charge in [0.15, 0.2) is 17.3 Å². The Balaban J connectivity index is 2.26. The summed E-state index contributed by atoms with van der Waals surface area (Å²) in [4.78, 5) is 39.2. The Bertz CT molecular complexity index is 1060. The van der Waals surface area contributed by atoms with Crippen LogP contribution in [0, 0.1) is 11.8 Å². The van der Waals surface area contributed by atoms with Crippen LogP contribution in [0.25, 0.3) is 0 Å². The van der Waals surface area contributed by atoms with E-state index in [9.17, 15) is 19.5 Å². The van der Waals surface area contributed by atoms with Crippen LogP contribution in [0.15, 0.2) is 39.1 Å². The maximum atomic E-state index is 13.7. The van der Waals surface area contributed by atoms with E-state index in [1.165, 1.54) is 7.11 Å². The SMILES string of the molecule is CCOC(=O)C1=C(C)NC2=C(C(=O)[C@H](C(=O)OC)[C@@H](C)C2)[C@H]1c1cc(Br)c(O)c(OCC)c1. The molecule has 0 spiro atoms. The summed E-state index contributed by atoms with van der Waals surface area (Å²) in [6.45, 7) is 7.53. The Morgan fingerprint density at radius 3 is 2.55 bits per heavy atom. The lowest BCUT2D eigenvalue weighted by atomic mass is 9.69. The number of carbonyl (C=O) groups excluding carboxylic acids is 3. The Morgan fingerprint density at radius 1 is 1.24 bits per heavy atom. The van der Waals surface area contributed by atoms with Crippen LogP contribution in [0.1, 0.15) is 45.6 Å². The molecule has 9 heteroatoms. The topological polar surface area (TPSA) is 111 Å². The minimum absolute atomic E-state index is 0.0850. The molecule has 0 aromatic heterocycles. The first-order valence-corrected chi connectivity index (χ1v) is 11.6. The Kier molecular flexibility index (Phi) is 7.51. The molecule has 0 radical (unpaired) electrons. The number of hydrogen-bond donors (Lipinski definition) is 2. The predicted octanol–water partition coefficient (Wildman–Crippen LogP) is 3.73. The van der Waals surface area contributed by atoms with Gasteiger partial charge in [-0.15, -0.1) is 0 Å². The van der Waals surface area contributed by atoms with Crippen LogP contribution in [0.3, 0.4) is 0 Å². The van der Waals surface area contributed by atoms with E-state index in [-0.39, 0.29) is 29.6 Å². The summed E-state index contributed by atoms with van der Waals surface area (Å²) in [6, 6.07) is 3.25. The van der Waals surface area contributed by atoms with Crippen LogP contribution in [-0.4, -0.2) is 43.2 Å². The number of rotatable bonds is 6. The first-order chi connectivity index (χ1) is 15.7. The highest BCUT2D eigenvalue weighted by Crippen LogP contribution is 2.48. The van der Waals surface area contributed by atoms with Crippen molar-refractivity contribution < 1.29 is 33.7 Å². The van der Waals surface area contributed by atoms with Gasteiger partial charge >= 0.3 is 11.9 Å². The first kappa shape index (κ1) is 24.8. The number of phenolic OH excluding ortho intramolecular Hbond substituents is 1. The quantitative estimate of drug-likeness (QED) is 0.430. The number of carbonyl (C=O) groups is 3. The third kappa shape index (κ3) is 4.51. The van der Waals surface area contributed by atoms with Crippen LogP contribution in [0.2, 0.25) is 0 Å². The number of dihydropyridines is 1. The number of methoxy groups -OCH3 is 1. The Morgan fingerprint density at radius 2 is 1.94 bits per heavy atom. The number of halogens is 1. The molecule has 2 aliphatic rings. The van der Waals surface area contributed by atoms with Gasteiger partial charge in [0.25, 0.3) is 0 Å². The van der Waals surface area contributed by atoms with Crippen LogP contribution in [0.4, 0.5) is 0 Å². The summed E-state index contributed by atoms with van der Waals surface area (Å²) in [5, 5.41) is 13.6. The molecule has 0 unspecified atom stereocenters. The number of Topliss-reactive ketones (excluding diaryl/α,β-unsaturated/α-hetero) is 1. The molecule has 3 rings (SSSR count). The van der Waals surface area contributed by atoms with Gasteiger partial charge in [-0.25, -0.2) is 4.79 Å². The van der Waals surface area contributed by atoms with Crippen molar-refractivity contribution in [2.75, 3.05) is 20.3 Å². The van der Waals surface area contributed by atoms with Crippen molar-refractivity contribution in [2.45, 2.75) is 40.0 Å². The molecule has 178 valence electrons. The van der Waals surface area contributed by atoms with Gasteiger partial charge in [-0.05, 0) is 66.7 Å². The van der Waals surface area contributed by atoms with E-state index in [2.05, 4.69) is 21.2 Å². The van der Waals surface area contributed by atoms with Gasteiger partial charge in [0.1, 0.15) is 5.92 Å². The van der Waals surface area contributed by atoms with Crippen molar-refractivity contribution in [3.8, 4) is 11.5 Å². The molecule has 0 fully saturated rings. The fraction of sp³-hybridized carbons (Fsp3) is 0.458. The molecule has 2 N–H and O–H groups in total. The normalized spacial score (nSPS) is 22.5. The Labute approximate surface area is 201 Å². The van der Waals surface area contributed by atoms with Crippen molar-refractivity contribution in [3.63, 3.8) is 0 Å². The van der Waals surface area contributed by atoms with E-state index < -0.39 is 29.6 Å². The largest absolute Gasteiger partial charge is 0.503 e. The van der Waals surface area contributed by atoms with E-state index in [1.807, 2.05) is 6.92 Å². The number of benzene rings is 1. The van der Waals surface area contributed by atoms with Crippen LogP contribution in [-0.2, 0) is 23.9 Å². The molecule has 1 aromatic rings. The summed E-state index contributed by atoms with van der Waals surface area (Å²) in [7, 11) is 1.25. The maximum absolute atomic E-state index is 13.7. The molecule has 3 atom stereocenters. The lowest BCUT2D eigenvalue weighted by molar-refractivity contribution is -0.151. The highest BCUT2D eigenvalue weighted by Gasteiger charge is 2.47. The van der Waals surface area contributed by atoms with Gasteiger partial charge in [-0.1, -0.05) is 6.92 Å². The van der Waals surface area contributed by atoms with Crippen molar-refractivity contribution >= 4 is 33.7 Å². The fourth-order valence-corrected chi connectivity index (χ4v) is 4.98. The zero-order valence-electron chi connectivity index (χ0n) is 19.3. The highest BCUT2D eigenvalue weighted by molar-refractivity contribution is 9.10. The molecule has 0 amide bonds. The number of phenols is 1. The lowest BCUT2D eigenvalue weighted by Gasteiger charge is -2.38. The standard InChI is InChI=1S/C24H28BrNO7/c1-6-32-16-10-13(9-14(25)21(16)27)19-18(24(30)33-7-2)12(4)26-15-8-11(3)17(23(29)31-5)22(28)20(15)19/h9-11,17,19,26-27H,6-8H2,1-5H3/t11-,17+,19-/m0/s1. The monoisotopic (exact) mass is 521 g/mol. The number of aromatic hydroxyl groups is 1. The molecule has 33 heavy (non-hydrogen) atoms. The minimum Gasteiger partial charge on any atom is -0.503 e. The molecular formula is C24H28BrNO7. The molecule has 1 aromatic carbocycles. The number of hydrogen-bond acceptors (Lipinski definition) is 8. The van der Waals surface area contributed by atoms with Crippen LogP contribution < -0.4 is 10.1 Å². The average molecular weight is 522 g/mol. The summed E-state index contributed by atoms with van der Waals surface area (Å²) in [5.74, 6) is -3.52. The van der Waals surface area contributed by atoms with Gasteiger partial charge < -0.3 is 24.6 Å². The van der Waals surface area contributed by atoms with Gasteiger partial charge in [-0.2, -0.15) is 0 Å². The van der Waals surface area contributed by atoms with Gasteiger partial charge in [0, 0.05) is 22.9 Å².